The number of hydrogen-bond donors (Lipinski definition) is 1. The predicted octanol–water partition coefficient (Wildman–Crippen LogP) is 3.25. The Balaban J connectivity index is 1.65. The molecule has 134 valence electrons. The van der Waals surface area contributed by atoms with Gasteiger partial charge in [0.15, 0.2) is 6.39 Å². The second kappa shape index (κ2) is 6.36. The van der Waals surface area contributed by atoms with E-state index in [9.17, 15) is 13.6 Å². The van der Waals surface area contributed by atoms with Crippen molar-refractivity contribution in [3.05, 3.63) is 65.1 Å². The molecule has 8 heteroatoms. The summed E-state index contributed by atoms with van der Waals surface area (Å²) in [5, 5.41) is 7.22. The standard InChI is InChI=1S/C18H16F2N4O2/c1-10-17(26-9-21-10)18(25)23-15-3-2-4-16-14(15)8-22-24(16)13-6-11(19)5-12(20)7-13/h5-9,15H,2-4H2,1H3,(H,23,25)/t15-/m0/s1. The van der Waals surface area contributed by atoms with E-state index in [0.29, 0.717) is 17.8 Å². The van der Waals surface area contributed by atoms with Gasteiger partial charge in [0.05, 0.1) is 23.6 Å². The second-order valence-electron chi connectivity index (χ2n) is 6.27. The largest absolute Gasteiger partial charge is 0.438 e. The van der Waals surface area contributed by atoms with E-state index in [2.05, 4.69) is 15.4 Å². The molecular weight excluding hydrogens is 342 g/mol. The summed E-state index contributed by atoms with van der Waals surface area (Å²) in [5.74, 6) is -1.49. The van der Waals surface area contributed by atoms with Crippen molar-refractivity contribution in [1.29, 1.82) is 0 Å². The minimum Gasteiger partial charge on any atom is -0.438 e. The number of halogens is 2. The second-order valence-corrected chi connectivity index (χ2v) is 6.27. The molecule has 2 heterocycles. The molecular formula is C18H16F2N4O2. The molecule has 1 N–H and O–H groups in total. The highest BCUT2D eigenvalue weighted by Gasteiger charge is 2.28. The molecule has 0 radical (unpaired) electrons. The van der Waals surface area contributed by atoms with Crippen LogP contribution in [0, 0.1) is 18.6 Å². The summed E-state index contributed by atoms with van der Waals surface area (Å²) < 4.78 is 33.7. The molecule has 2 aromatic heterocycles. The van der Waals surface area contributed by atoms with E-state index in [0.717, 1.165) is 30.2 Å². The van der Waals surface area contributed by atoms with Gasteiger partial charge in [-0.25, -0.2) is 18.4 Å². The maximum absolute atomic E-state index is 13.5. The lowest BCUT2D eigenvalue weighted by Crippen LogP contribution is -2.31. The Bertz CT molecular complexity index is 959. The molecule has 0 saturated heterocycles. The van der Waals surface area contributed by atoms with Gasteiger partial charge < -0.3 is 9.73 Å². The quantitative estimate of drug-likeness (QED) is 0.780. The van der Waals surface area contributed by atoms with Crippen LogP contribution in [0.3, 0.4) is 0 Å². The van der Waals surface area contributed by atoms with E-state index in [-0.39, 0.29) is 17.7 Å². The van der Waals surface area contributed by atoms with Crippen molar-refractivity contribution < 1.29 is 18.0 Å². The third-order valence-electron chi connectivity index (χ3n) is 4.53. The van der Waals surface area contributed by atoms with Crippen molar-refractivity contribution >= 4 is 5.91 Å². The number of amides is 1. The molecule has 26 heavy (non-hydrogen) atoms. The number of aromatic nitrogens is 3. The first-order valence-electron chi connectivity index (χ1n) is 8.27. The number of hydrogen-bond acceptors (Lipinski definition) is 4. The molecule has 4 rings (SSSR count). The Morgan fingerprint density at radius 3 is 2.77 bits per heavy atom. The Morgan fingerprint density at radius 2 is 2.08 bits per heavy atom. The number of carbonyl (C=O) groups is 1. The van der Waals surface area contributed by atoms with Crippen LogP contribution in [0.15, 0.2) is 35.2 Å². The third kappa shape index (κ3) is 2.87. The zero-order valence-electron chi connectivity index (χ0n) is 14.0. The number of benzene rings is 1. The molecule has 1 aliphatic carbocycles. The van der Waals surface area contributed by atoms with E-state index in [1.54, 1.807) is 13.1 Å². The van der Waals surface area contributed by atoms with Gasteiger partial charge in [0, 0.05) is 17.3 Å². The molecule has 0 fully saturated rings. The van der Waals surface area contributed by atoms with Crippen LogP contribution >= 0.6 is 0 Å². The molecule has 0 unspecified atom stereocenters. The maximum atomic E-state index is 13.5. The van der Waals surface area contributed by atoms with Crippen LogP contribution in [0.5, 0.6) is 0 Å². The molecule has 3 aromatic rings. The maximum Gasteiger partial charge on any atom is 0.289 e. The highest BCUT2D eigenvalue weighted by molar-refractivity contribution is 5.92. The van der Waals surface area contributed by atoms with Gasteiger partial charge in [-0.15, -0.1) is 0 Å². The van der Waals surface area contributed by atoms with Gasteiger partial charge in [0.2, 0.25) is 5.76 Å². The molecule has 0 spiro atoms. The van der Waals surface area contributed by atoms with Crippen molar-refractivity contribution in [3.63, 3.8) is 0 Å². The molecule has 0 saturated carbocycles. The summed E-state index contributed by atoms with van der Waals surface area (Å²) in [4.78, 5) is 16.3. The van der Waals surface area contributed by atoms with Gasteiger partial charge in [-0.3, -0.25) is 4.79 Å². The number of aryl methyl sites for hydroxylation is 1. The summed E-state index contributed by atoms with van der Waals surface area (Å²) in [5.41, 5.74) is 2.51. The first-order chi connectivity index (χ1) is 12.5. The fraction of sp³-hybridized carbons (Fsp3) is 0.278. The summed E-state index contributed by atoms with van der Waals surface area (Å²) in [6.45, 7) is 1.70. The molecule has 0 bridgehead atoms. The van der Waals surface area contributed by atoms with Gasteiger partial charge in [-0.1, -0.05) is 0 Å². The Labute approximate surface area is 147 Å². The average molecular weight is 358 g/mol. The van der Waals surface area contributed by atoms with Crippen LogP contribution in [-0.2, 0) is 6.42 Å². The van der Waals surface area contributed by atoms with Crippen molar-refractivity contribution in [2.45, 2.75) is 32.2 Å². The van der Waals surface area contributed by atoms with Crippen LogP contribution in [0.25, 0.3) is 5.69 Å². The number of oxazole rings is 1. The molecule has 0 aliphatic heterocycles. The predicted molar refractivity (Wildman–Crippen MR) is 87.9 cm³/mol. The molecule has 6 nitrogen and oxygen atoms in total. The third-order valence-corrected chi connectivity index (χ3v) is 4.53. The van der Waals surface area contributed by atoms with Crippen molar-refractivity contribution in [1.82, 2.24) is 20.1 Å². The number of carbonyl (C=O) groups excluding carboxylic acids is 1. The molecule has 1 atom stereocenters. The Hall–Kier alpha value is -3.03. The van der Waals surface area contributed by atoms with Crippen LogP contribution in [0.4, 0.5) is 8.78 Å². The minimum atomic E-state index is -0.661. The summed E-state index contributed by atoms with van der Waals surface area (Å²) in [7, 11) is 0. The van der Waals surface area contributed by atoms with Gasteiger partial charge in [-0.2, -0.15) is 5.10 Å². The fourth-order valence-electron chi connectivity index (χ4n) is 3.33. The fourth-order valence-corrected chi connectivity index (χ4v) is 3.33. The van der Waals surface area contributed by atoms with E-state index in [1.807, 2.05) is 0 Å². The van der Waals surface area contributed by atoms with E-state index in [1.165, 1.54) is 23.2 Å². The van der Waals surface area contributed by atoms with E-state index < -0.39 is 11.6 Å². The number of fused-ring (bicyclic) bond motifs is 1. The lowest BCUT2D eigenvalue weighted by molar-refractivity contribution is 0.0903. The SMILES string of the molecule is Cc1ncoc1C(=O)N[C@H]1CCCc2c1cnn2-c1cc(F)cc(F)c1. The van der Waals surface area contributed by atoms with Crippen molar-refractivity contribution in [2.24, 2.45) is 0 Å². The van der Waals surface area contributed by atoms with Crippen molar-refractivity contribution in [3.8, 4) is 5.69 Å². The Morgan fingerprint density at radius 1 is 1.31 bits per heavy atom. The number of rotatable bonds is 3. The van der Waals surface area contributed by atoms with Crippen LogP contribution in [0.2, 0.25) is 0 Å². The summed E-state index contributed by atoms with van der Waals surface area (Å²) in [6.07, 6.45) is 5.13. The first kappa shape index (κ1) is 16.4. The van der Waals surface area contributed by atoms with Gasteiger partial charge in [-0.05, 0) is 38.3 Å². The lowest BCUT2D eigenvalue weighted by Gasteiger charge is -2.24. The topological polar surface area (TPSA) is 73.0 Å². The van der Waals surface area contributed by atoms with Crippen molar-refractivity contribution in [2.75, 3.05) is 0 Å². The number of nitrogens with zero attached hydrogens (tertiary/aromatic N) is 3. The zero-order valence-corrected chi connectivity index (χ0v) is 14.0. The van der Waals surface area contributed by atoms with Crippen LogP contribution in [-0.4, -0.2) is 20.7 Å². The van der Waals surface area contributed by atoms with Gasteiger partial charge in [0.25, 0.3) is 5.91 Å². The van der Waals surface area contributed by atoms with Gasteiger partial charge in [0.1, 0.15) is 11.6 Å². The normalized spacial score (nSPS) is 16.3. The molecule has 1 aliphatic rings. The van der Waals surface area contributed by atoms with Crippen LogP contribution in [0.1, 0.15) is 46.4 Å². The van der Waals surface area contributed by atoms with Gasteiger partial charge >= 0.3 is 0 Å². The average Bonchev–Trinajstić information content (AvgIpc) is 3.20. The van der Waals surface area contributed by atoms with Crippen LogP contribution < -0.4 is 5.32 Å². The highest BCUT2D eigenvalue weighted by atomic mass is 19.1. The lowest BCUT2D eigenvalue weighted by atomic mass is 9.92. The highest BCUT2D eigenvalue weighted by Crippen LogP contribution is 2.31. The Kier molecular flexibility index (Phi) is 4.02. The smallest absolute Gasteiger partial charge is 0.289 e. The summed E-state index contributed by atoms with van der Waals surface area (Å²) >= 11 is 0. The number of nitrogens with one attached hydrogen (secondary N) is 1. The molecule has 1 aromatic carbocycles. The zero-order chi connectivity index (χ0) is 18.3. The molecule has 1 amide bonds. The minimum absolute atomic E-state index is 0.178. The monoisotopic (exact) mass is 358 g/mol. The van der Waals surface area contributed by atoms with E-state index in [4.69, 9.17) is 4.42 Å². The summed E-state index contributed by atoms with van der Waals surface area (Å²) in [6, 6.07) is 3.04. The first-order valence-corrected chi connectivity index (χ1v) is 8.27. The van der Waals surface area contributed by atoms with E-state index >= 15 is 0 Å².